The van der Waals surface area contributed by atoms with Gasteiger partial charge < -0.3 is 38.0 Å². The molecule has 2 N–H and O–H groups in total. The van der Waals surface area contributed by atoms with Crippen LogP contribution in [0.1, 0.15) is 154 Å². The molecule has 8 aromatic rings. The second kappa shape index (κ2) is 29.8. The largest absolute Gasteiger partial charge is 0.543 e. The van der Waals surface area contributed by atoms with E-state index in [2.05, 4.69) is 168 Å². The number of rotatable bonds is 20. The van der Waals surface area contributed by atoms with Gasteiger partial charge in [0, 0.05) is 0 Å². The molecule has 2 aliphatic rings. The van der Waals surface area contributed by atoms with Gasteiger partial charge in [0.2, 0.25) is 0 Å². The Balaban J connectivity index is 0.000000240. The molecule has 0 amide bonds. The van der Waals surface area contributed by atoms with E-state index >= 15 is 0 Å². The fraction of sp³-hybridized carbons (Fsp3) is 0.351. The number of phenols is 2. The SMILES string of the molecule is C.C.CC(C)[Si](Oc1ccc([C@@H]2Sc3cc(OCc4ccccc4)ccc3O[C@@H]2c2ccc(O)cc2)cc1)(C(C)C)C(C)C.CC(C)[Si](Oc1ccc([C@H]2Sc3cc(OCc4ccccc4)ccc3O[C@H]2c2ccc(O)cc2)cc1)(C(C)C)C(C)C. The fourth-order valence-corrected chi connectivity index (χ4v) is 25.8. The van der Waals surface area contributed by atoms with E-state index in [1.807, 2.05) is 84.9 Å². The highest BCUT2D eigenvalue weighted by Gasteiger charge is 2.48. The van der Waals surface area contributed by atoms with Gasteiger partial charge in [0.05, 0.1) is 20.3 Å². The van der Waals surface area contributed by atoms with Crippen molar-refractivity contribution in [3.63, 3.8) is 0 Å². The molecule has 4 atom stereocenters. The minimum atomic E-state index is -2.05. The van der Waals surface area contributed by atoms with Crippen LogP contribution in [0.3, 0.4) is 0 Å². The van der Waals surface area contributed by atoms with Gasteiger partial charge in [-0.05, 0) is 152 Å². The highest BCUT2D eigenvalue weighted by atomic mass is 32.2. The van der Waals surface area contributed by atoms with E-state index < -0.39 is 16.6 Å². The van der Waals surface area contributed by atoms with Gasteiger partial charge in [-0.1, -0.05) is 207 Å². The van der Waals surface area contributed by atoms with E-state index in [0.717, 1.165) is 77.7 Å². The summed E-state index contributed by atoms with van der Waals surface area (Å²) in [5, 5.41) is 19.9. The molecule has 0 unspecified atom stereocenters. The quantitative estimate of drug-likeness (QED) is 0.0719. The minimum Gasteiger partial charge on any atom is -0.543 e. The van der Waals surface area contributed by atoms with Gasteiger partial charge in [0.1, 0.15) is 71.4 Å². The topological polar surface area (TPSA) is 95.8 Å². The zero-order chi connectivity index (χ0) is 59.7. The number of thioether (sulfide) groups is 2. The highest BCUT2D eigenvalue weighted by molar-refractivity contribution is 8.00. The number of fused-ring (bicyclic) bond motifs is 2. The third-order valence-electron chi connectivity index (χ3n) is 16.8. The Kier molecular flexibility index (Phi) is 23.1. The molecule has 0 fully saturated rings. The third kappa shape index (κ3) is 15.3. The van der Waals surface area contributed by atoms with Crippen LogP contribution in [0, 0.1) is 0 Å². The number of phenolic OH excluding ortho intramolecular Hbond substituents is 2. The summed E-state index contributed by atoms with van der Waals surface area (Å²) in [7, 11) is -4.10. The number of hydrogen-bond donors (Lipinski definition) is 2. The van der Waals surface area contributed by atoms with E-state index in [1.165, 1.54) is 0 Å². The molecule has 2 aliphatic heterocycles. The van der Waals surface area contributed by atoms with Crippen molar-refractivity contribution in [3.05, 3.63) is 228 Å². The maximum atomic E-state index is 9.93. The predicted octanol–water partition coefficient (Wildman–Crippen LogP) is 22.3. The van der Waals surface area contributed by atoms with E-state index in [-0.39, 0.29) is 49.1 Å². The molecular weight excluding hydrogens is 1140 g/mol. The van der Waals surface area contributed by atoms with Crippen molar-refractivity contribution in [1.29, 1.82) is 0 Å². The van der Waals surface area contributed by atoms with Crippen LogP contribution in [-0.4, -0.2) is 26.8 Å². The molecule has 0 radical (unpaired) electrons. The second-order valence-electron chi connectivity index (χ2n) is 24.1. The number of ether oxygens (including phenoxy) is 4. The first-order chi connectivity index (χ1) is 40.3. The van der Waals surface area contributed by atoms with Crippen LogP contribution in [0.5, 0.6) is 46.0 Å². The average molecular weight is 1230 g/mol. The molecule has 8 nitrogen and oxygen atoms in total. The zero-order valence-corrected chi connectivity index (χ0v) is 54.5. The monoisotopic (exact) mass is 1230 g/mol. The Labute approximate surface area is 525 Å². The number of benzene rings is 8. The fourth-order valence-electron chi connectivity index (χ4n) is 12.7. The lowest BCUT2D eigenvalue weighted by Gasteiger charge is -2.42. The molecule has 0 bridgehead atoms. The lowest BCUT2D eigenvalue weighted by Crippen LogP contribution is -2.50. The molecule has 12 heteroatoms. The molecule has 0 aromatic heterocycles. The Hall–Kier alpha value is -6.71. The van der Waals surface area contributed by atoms with Crippen LogP contribution < -0.4 is 27.8 Å². The summed E-state index contributed by atoms with van der Waals surface area (Å²) in [6, 6.07) is 64.4. The molecule has 0 saturated carbocycles. The summed E-state index contributed by atoms with van der Waals surface area (Å²) in [6.07, 6.45) is -0.442. The maximum Gasteiger partial charge on any atom is 0.258 e. The van der Waals surface area contributed by atoms with Gasteiger partial charge in [0.25, 0.3) is 16.6 Å². The van der Waals surface area contributed by atoms with E-state index in [4.69, 9.17) is 27.8 Å². The van der Waals surface area contributed by atoms with Crippen LogP contribution in [0.25, 0.3) is 0 Å². The van der Waals surface area contributed by atoms with Gasteiger partial charge in [0.15, 0.2) is 0 Å². The van der Waals surface area contributed by atoms with Gasteiger partial charge in [-0.25, -0.2) is 0 Å². The summed E-state index contributed by atoms with van der Waals surface area (Å²) in [5.41, 5.74) is 9.68. The van der Waals surface area contributed by atoms with Gasteiger partial charge in [-0.15, -0.1) is 23.5 Å². The van der Waals surface area contributed by atoms with Crippen LogP contribution in [0.15, 0.2) is 204 Å². The summed E-state index contributed by atoms with van der Waals surface area (Å²) in [4.78, 5) is 2.10. The Bertz CT molecular complexity index is 3090. The summed E-state index contributed by atoms with van der Waals surface area (Å²) >= 11 is 3.57. The molecule has 2 heterocycles. The highest BCUT2D eigenvalue weighted by Crippen LogP contribution is 2.56. The van der Waals surface area contributed by atoms with E-state index in [9.17, 15) is 10.2 Å². The first kappa shape index (κ1) is 66.8. The molecule has 456 valence electrons. The van der Waals surface area contributed by atoms with Crippen LogP contribution in [-0.2, 0) is 13.2 Å². The molecule has 0 spiro atoms. The summed E-state index contributed by atoms with van der Waals surface area (Å²) < 4.78 is 39.5. The smallest absolute Gasteiger partial charge is 0.258 e. The van der Waals surface area contributed by atoms with Gasteiger partial charge >= 0.3 is 0 Å². The van der Waals surface area contributed by atoms with Crippen molar-refractivity contribution in [2.75, 3.05) is 0 Å². The number of hydrogen-bond acceptors (Lipinski definition) is 10. The van der Waals surface area contributed by atoms with Crippen molar-refractivity contribution >= 4 is 40.2 Å². The predicted molar refractivity (Wildman–Crippen MR) is 364 cm³/mol. The summed E-state index contributed by atoms with van der Waals surface area (Å²) in [6.45, 7) is 28.8. The lowest BCUT2D eigenvalue weighted by atomic mass is 10.00. The molecule has 8 aromatic carbocycles. The zero-order valence-electron chi connectivity index (χ0n) is 50.8. The average Bonchev–Trinajstić information content (AvgIpc) is 1.12. The Morgan fingerprint density at radius 2 is 0.663 bits per heavy atom. The van der Waals surface area contributed by atoms with Gasteiger partial charge in [-0.3, -0.25) is 0 Å². The third-order valence-corrected chi connectivity index (χ3v) is 31.5. The normalized spacial score (nSPS) is 16.4. The standard InChI is InChI=1S/2C36H42O4SSi.2CH4/c2*1-24(2)42(25(3)4,26(5)6)40-31-18-14-29(15-19-31)36-35(28-12-16-30(37)17-13-28)39-33-21-20-32(22-34(33)41-36)38-23-27-10-8-7-9-11-27;;/h2*7-22,24-26,35-37H,23H2,1-6H3;2*1H4/t2*35-,36+;;/m10../s1. The van der Waals surface area contributed by atoms with Crippen molar-refractivity contribution in [2.45, 2.75) is 177 Å². The number of aromatic hydroxyl groups is 2. The Morgan fingerprint density at radius 3 is 0.965 bits per heavy atom. The second-order valence-corrected chi connectivity index (χ2v) is 37.2. The lowest BCUT2D eigenvalue weighted by molar-refractivity contribution is 0.190. The molecule has 0 saturated heterocycles. The molecular formula is C74H92O8S2Si2. The van der Waals surface area contributed by atoms with E-state index in [0.29, 0.717) is 46.5 Å². The summed E-state index contributed by atoms with van der Waals surface area (Å²) in [5.74, 6) is 5.69. The minimum absolute atomic E-state index is 0. The van der Waals surface area contributed by atoms with Crippen LogP contribution in [0.2, 0.25) is 33.2 Å². The van der Waals surface area contributed by atoms with E-state index in [1.54, 1.807) is 47.8 Å². The van der Waals surface area contributed by atoms with Gasteiger partial charge in [-0.2, -0.15) is 0 Å². The molecule has 86 heavy (non-hydrogen) atoms. The van der Waals surface area contributed by atoms with Crippen molar-refractivity contribution < 1.29 is 38.0 Å². The van der Waals surface area contributed by atoms with Crippen molar-refractivity contribution in [3.8, 4) is 46.0 Å². The Morgan fingerprint density at radius 1 is 0.372 bits per heavy atom. The first-order valence-corrected chi connectivity index (χ1v) is 35.8. The first-order valence-electron chi connectivity index (χ1n) is 29.8. The van der Waals surface area contributed by atoms with Crippen LogP contribution in [0.4, 0.5) is 0 Å². The molecule has 10 rings (SSSR count). The maximum absolute atomic E-state index is 9.93. The van der Waals surface area contributed by atoms with Crippen LogP contribution >= 0.6 is 23.5 Å². The van der Waals surface area contributed by atoms with Crippen molar-refractivity contribution in [2.24, 2.45) is 0 Å². The molecule has 0 aliphatic carbocycles. The van der Waals surface area contributed by atoms with Crippen molar-refractivity contribution in [1.82, 2.24) is 0 Å².